The van der Waals surface area contributed by atoms with E-state index in [1.54, 1.807) is 25.4 Å². The van der Waals surface area contributed by atoms with E-state index in [4.69, 9.17) is 28.8 Å². The second-order valence-corrected chi connectivity index (χ2v) is 13.8. The maximum atomic E-state index is 13.5. The number of carbonyl (C=O) groups excluding carboxylic acids is 3. The number of aromatic nitrogens is 1. The summed E-state index contributed by atoms with van der Waals surface area (Å²) in [5, 5.41) is 20.6. The number of H-pyrrole nitrogens is 1. The molecular formula is C34H43F3NO9-. The highest BCUT2D eigenvalue weighted by Gasteiger charge is 2.69. The molecule has 12 atom stereocenters. The highest BCUT2D eigenvalue weighted by atomic mass is 19.4. The average Bonchev–Trinajstić information content (AvgIpc) is 3.58. The first-order valence-electron chi connectivity index (χ1n) is 16.2. The van der Waals surface area contributed by atoms with Crippen molar-refractivity contribution in [2.24, 2.45) is 41.4 Å². The van der Waals surface area contributed by atoms with E-state index in [9.17, 15) is 27.9 Å². The first-order chi connectivity index (χ1) is 22.1. The third kappa shape index (κ3) is 6.76. The van der Waals surface area contributed by atoms with Gasteiger partial charge in [-0.25, -0.2) is 9.59 Å². The maximum Gasteiger partial charge on any atom is 0.430 e. The lowest BCUT2D eigenvalue weighted by molar-refractivity contribution is -0.344. The van der Waals surface area contributed by atoms with Gasteiger partial charge in [0.15, 0.2) is 6.10 Å². The molecule has 5 aliphatic rings. The number of esters is 2. The number of carboxylic acid groups (broad SMARTS) is 1. The Hall–Kier alpha value is -3.16. The minimum absolute atomic E-state index is 0.0483. The van der Waals surface area contributed by atoms with Crippen molar-refractivity contribution in [3.05, 3.63) is 47.8 Å². The summed E-state index contributed by atoms with van der Waals surface area (Å²) in [7, 11) is 1.55. The number of hydrogen-bond acceptors (Lipinski definition) is 9. The zero-order chi connectivity index (χ0) is 34.4. The van der Waals surface area contributed by atoms with Crippen LogP contribution in [0.3, 0.4) is 0 Å². The number of rotatable bonds is 6. The topological polar surface area (TPSA) is 147 Å². The Morgan fingerprint density at radius 1 is 1.23 bits per heavy atom. The zero-order valence-corrected chi connectivity index (χ0v) is 27.1. The molecule has 4 bridgehead atoms. The number of cyclic esters (lactones) is 1. The molecule has 2 saturated carbocycles. The smallest absolute Gasteiger partial charge is 0.430 e. The number of halogens is 3. The van der Waals surface area contributed by atoms with Gasteiger partial charge in [0.2, 0.25) is 0 Å². The number of nitrogens with one attached hydrogen (secondary N) is 1. The molecule has 10 nitrogen and oxygen atoms in total. The predicted molar refractivity (Wildman–Crippen MR) is 158 cm³/mol. The second kappa shape index (κ2) is 13.4. The minimum Gasteiger partial charge on any atom is -0.542 e. The second-order valence-electron chi connectivity index (χ2n) is 13.8. The van der Waals surface area contributed by atoms with E-state index in [1.165, 1.54) is 12.8 Å². The molecule has 1 spiro atoms. The Kier molecular flexibility index (Phi) is 10.0. The van der Waals surface area contributed by atoms with Crippen LogP contribution in [0.15, 0.2) is 42.1 Å². The van der Waals surface area contributed by atoms with Crippen LogP contribution in [0.2, 0.25) is 0 Å². The van der Waals surface area contributed by atoms with Crippen LogP contribution in [0.4, 0.5) is 13.2 Å². The van der Waals surface area contributed by atoms with E-state index in [-0.39, 0.29) is 47.6 Å². The Labute approximate surface area is 271 Å². The molecule has 3 fully saturated rings. The number of aliphatic hydroxyl groups is 1. The van der Waals surface area contributed by atoms with E-state index in [0.717, 1.165) is 12.0 Å². The molecule has 0 aromatic carbocycles. The van der Waals surface area contributed by atoms with Crippen LogP contribution in [0.25, 0.3) is 0 Å². The summed E-state index contributed by atoms with van der Waals surface area (Å²) in [6.07, 6.45) is 3.98. The van der Waals surface area contributed by atoms with Crippen LogP contribution >= 0.6 is 0 Å². The van der Waals surface area contributed by atoms with Crippen LogP contribution in [0.1, 0.15) is 63.9 Å². The Morgan fingerprint density at radius 2 is 1.91 bits per heavy atom. The summed E-state index contributed by atoms with van der Waals surface area (Å²) in [6, 6.07) is 3.43. The molecule has 47 heavy (non-hydrogen) atoms. The molecule has 2 N–H and O–H groups in total. The fourth-order valence-corrected chi connectivity index (χ4v) is 8.25. The van der Waals surface area contributed by atoms with Crippen molar-refractivity contribution in [1.82, 2.24) is 4.98 Å². The monoisotopic (exact) mass is 666 g/mol. The van der Waals surface area contributed by atoms with Gasteiger partial charge in [-0.05, 0) is 49.3 Å². The predicted octanol–water partition coefficient (Wildman–Crippen LogP) is 3.75. The van der Waals surface area contributed by atoms with Crippen LogP contribution in [0, 0.1) is 41.4 Å². The summed E-state index contributed by atoms with van der Waals surface area (Å²) in [5.41, 5.74) is 0.553. The number of aliphatic hydroxyl groups excluding tert-OH is 1. The number of carboxylic acids is 1. The fourth-order valence-electron chi connectivity index (χ4n) is 8.25. The number of methoxy groups -OCH3 is 1. The van der Waals surface area contributed by atoms with Crippen molar-refractivity contribution in [2.45, 2.75) is 95.7 Å². The molecule has 0 amide bonds. The lowest BCUT2D eigenvalue weighted by Crippen LogP contribution is -2.57. The SMILES string of the molecule is CO[C@H]1CC2C=C[C@H]3[C@H]4O[C@]2(/C(C)=C/[C@@H](C)[C@@H](C(C)CC2CC2)OC1=O)[C@@H]3[C@H](O)[C@@H](C)[C@H]4OC(=O)c1ccc[nH]1.O=C([O-])C(F)(F)F. The molecule has 1 aromatic rings. The molecule has 1 aromatic heterocycles. The largest absolute Gasteiger partial charge is 0.542 e. The Balaban J connectivity index is 0.000000559. The van der Waals surface area contributed by atoms with Gasteiger partial charge in [0.05, 0.1) is 6.10 Å². The van der Waals surface area contributed by atoms with E-state index in [0.29, 0.717) is 18.0 Å². The van der Waals surface area contributed by atoms with E-state index in [2.05, 4.69) is 44.0 Å². The zero-order valence-electron chi connectivity index (χ0n) is 27.1. The molecule has 13 heteroatoms. The first-order valence-corrected chi connectivity index (χ1v) is 16.2. The third-order valence-corrected chi connectivity index (χ3v) is 10.7. The number of carbonyl (C=O) groups is 3. The molecule has 3 aliphatic carbocycles. The van der Waals surface area contributed by atoms with Gasteiger partial charge in [0.1, 0.15) is 35.6 Å². The molecule has 3 heterocycles. The summed E-state index contributed by atoms with van der Waals surface area (Å²) in [6.45, 7) is 8.31. The summed E-state index contributed by atoms with van der Waals surface area (Å²) < 4.78 is 56.6. The standard InChI is InChI=1S/C32H43NO7.C2HF3O2/c1-16-13-18(3)32-21(15-24(37-5)31(36)38-27(16)17(2)14-20-8-9-20)10-11-22-25(32)26(34)19(4)28(29(22)40-32)39-30(35)23-7-6-12-33-23;3-2(4,5)1(6)7/h6-7,10-13,16-17,19-22,24-29,33-34H,8-9,14-15H2,1-5H3;(H,6,7)/p-1/b18-13+;/t16-,17?,19-,21?,22-,24+,25+,26-,27+,28-,29-,32+;/m1./s1. The van der Waals surface area contributed by atoms with Gasteiger partial charge in [0.25, 0.3) is 0 Å². The van der Waals surface area contributed by atoms with Gasteiger partial charge in [0, 0.05) is 42.9 Å². The van der Waals surface area contributed by atoms with Crippen LogP contribution in [-0.4, -0.2) is 77.4 Å². The molecule has 6 rings (SSSR count). The van der Waals surface area contributed by atoms with E-state index < -0.39 is 48.1 Å². The summed E-state index contributed by atoms with van der Waals surface area (Å²) >= 11 is 0. The lowest BCUT2D eigenvalue weighted by Gasteiger charge is -2.49. The molecule has 2 unspecified atom stereocenters. The fraction of sp³-hybridized carbons (Fsp3) is 0.676. The van der Waals surface area contributed by atoms with Gasteiger partial charge in [-0.3, -0.25) is 0 Å². The van der Waals surface area contributed by atoms with Gasteiger partial charge in [-0.15, -0.1) is 0 Å². The molecule has 2 aliphatic heterocycles. The molecule has 0 radical (unpaired) electrons. The van der Waals surface area contributed by atoms with Crippen molar-refractivity contribution in [2.75, 3.05) is 7.11 Å². The quantitative estimate of drug-likeness (QED) is 0.342. The summed E-state index contributed by atoms with van der Waals surface area (Å²) in [5.74, 6) is -3.83. The van der Waals surface area contributed by atoms with Crippen molar-refractivity contribution in [3.63, 3.8) is 0 Å². The highest BCUT2D eigenvalue weighted by molar-refractivity contribution is 5.87. The summed E-state index contributed by atoms with van der Waals surface area (Å²) in [4.78, 5) is 38.1. The number of aliphatic carboxylic acids is 1. The number of alkyl halides is 3. The Morgan fingerprint density at radius 3 is 2.49 bits per heavy atom. The van der Waals surface area contributed by atoms with Crippen molar-refractivity contribution in [1.29, 1.82) is 0 Å². The van der Waals surface area contributed by atoms with Gasteiger partial charge < -0.3 is 38.9 Å². The van der Waals surface area contributed by atoms with Crippen molar-refractivity contribution < 1.29 is 56.7 Å². The minimum atomic E-state index is -5.19. The van der Waals surface area contributed by atoms with Crippen molar-refractivity contribution in [3.8, 4) is 0 Å². The first kappa shape index (κ1) is 35.2. The van der Waals surface area contributed by atoms with Gasteiger partial charge in [-0.2, -0.15) is 13.2 Å². The van der Waals surface area contributed by atoms with Crippen LogP contribution < -0.4 is 5.11 Å². The van der Waals surface area contributed by atoms with E-state index in [1.807, 2.05) is 6.92 Å². The van der Waals surface area contributed by atoms with Crippen molar-refractivity contribution >= 4 is 17.9 Å². The van der Waals surface area contributed by atoms with Gasteiger partial charge >= 0.3 is 18.1 Å². The Bertz CT molecular complexity index is 1370. The third-order valence-electron chi connectivity index (χ3n) is 10.7. The lowest BCUT2D eigenvalue weighted by atomic mass is 9.57. The highest BCUT2D eigenvalue weighted by Crippen LogP contribution is 2.61. The van der Waals surface area contributed by atoms with Gasteiger partial charge in [-0.1, -0.05) is 51.8 Å². The average molecular weight is 667 g/mol. The normalized spacial score (nSPS) is 39.7. The van der Waals surface area contributed by atoms with Crippen LogP contribution in [-0.2, 0) is 28.5 Å². The number of hydrogen-bond donors (Lipinski definition) is 2. The van der Waals surface area contributed by atoms with E-state index >= 15 is 0 Å². The molecule has 1 saturated heterocycles. The van der Waals surface area contributed by atoms with Crippen LogP contribution in [0.5, 0.6) is 0 Å². The maximum absolute atomic E-state index is 13.5. The molecular weight excluding hydrogens is 623 g/mol. The number of aromatic amines is 1. The molecule has 260 valence electrons. The number of ether oxygens (including phenoxy) is 4.